The lowest BCUT2D eigenvalue weighted by molar-refractivity contribution is -0.147. The molecule has 0 radical (unpaired) electrons. The number of carboxylic acid groups (broad SMARTS) is 1. The van der Waals surface area contributed by atoms with Crippen LogP contribution in [0.25, 0.3) is 11.1 Å². The fourth-order valence-corrected chi connectivity index (χ4v) is 3.81. The molecule has 3 rings (SSSR count). The van der Waals surface area contributed by atoms with Crippen LogP contribution in [-0.2, 0) is 16.0 Å². The van der Waals surface area contributed by atoms with Crippen LogP contribution >= 0.6 is 0 Å². The van der Waals surface area contributed by atoms with Gasteiger partial charge in [0.05, 0.1) is 18.1 Å². The van der Waals surface area contributed by atoms with E-state index in [0.29, 0.717) is 19.4 Å². The van der Waals surface area contributed by atoms with Crippen molar-refractivity contribution in [2.24, 2.45) is 5.92 Å². The molecule has 6 nitrogen and oxygen atoms in total. The van der Waals surface area contributed by atoms with Crippen LogP contribution in [0.5, 0.6) is 0 Å². The number of carboxylic acids is 1. The van der Waals surface area contributed by atoms with Gasteiger partial charge in [-0.05, 0) is 54.7 Å². The van der Waals surface area contributed by atoms with E-state index < -0.39 is 11.9 Å². The van der Waals surface area contributed by atoms with Crippen LogP contribution in [0.4, 0.5) is 0 Å². The Kier molecular flexibility index (Phi) is 8.57. The normalized spacial score (nSPS) is 12.4. The zero-order valence-corrected chi connectivity index (χ0v) is 19.4. The van der Waals surface area contributed by atoms with E-state index in [-0.39, 0.29) is 29.0 Å². The fraction of sp³-hybridized carbons (Fsp3) is 0.250. The highest BCUT2D eigenvalue weighted by molar-refractivity contribution is 5.97. The number of hydrogen-bond acceptors (Lipinski definition) is 4. The van der Waals surface area contributed by atoms with Gasteiger partial charge in [0.25, 0.3) is 5.91 Å². The van der Waals surface area contributed by atoms with Crippen molar-refractivity contribution in [3.05, 3.63) is 95.6 Å². The van der Waals surface area contributed by atoms with Crippen molar-refractivity contribution in [3.63, 3.8) is 0 Å². The Labute approximate surface area is 199 Å². The summed E-state index contributed by atoms with van der Waals surface area (Å²) in [6, 6.07) is 23.7. The molecule has 3 aromatic rings. The quantitative estimate of drug-likeness (QED) is 0.417. The molecule has 2 N–H and O–H groups in total. The summed E-state index contributed by atoms with van der Waals surface area (Å²) in [5.41, 5.74) is 3.53. The van der Waals surface area contributed by atoms with Gasteiger partial charge < -0.3 is 15.2 Å². The Morgan fingerprint density at radius 2 is 1.53 bits per heavy atom. The predicted octanol–water partition coefficient (Wildman–Crippen LogP) is 4.98. The van der Waals surface area contributed by atoms with Gasteiger partial charge in [0, 0.05) is 11.6 Å². The van der Waals surface area contributed by atoms with E-state index in [2.05, 4.69) is 5.32 Å². The van der Waals surface area contributed by atoms with Crippen LogP contribution < -0.4 is 5.32 Å². The molecule has 0 aliphatic heterocycles. The number of aromatic carboxylic acids is 1. The summed E-state index contributed by atoms with van der Waals surface area (Å²) in [5.74, 6) is -2.20. The third kappa shape index (κ3) is 6.78. The third-order valence-corrected chi connectivity index (χ3v) is 5.58. The maximum absolute atomic E-state index is 12.9. The lowest BCUT2D eigenvalue weighted by atomic mass is 9.94. The minimum Gasteiger partial charge on any atom is -0.478 e. The van der Waals surface area contributed by atoms with E-state index >= 15 is 0 Å². The smallest absolute Gasteiger partial charge is 0.335 e. The number of amides is 1. The van der Waals surface area contributed by atoms with Crippen molar-refractivity contribution in [1.29, 1.82) is 0 Å². The monoisotopic (exact) mass is 459 g/mol. The van der Waals surface area contributed by atoms with Crippen molar-refractivity contribution in [3.8, 4) is 11.1 Å². The standard InChI is InChI=1S/C28H29NO5/c1-3-34-28(33)19(2)16-25(29-26(30)23-10-7-11-24(18-23)27(31)32)17-20-12-14-22(15-13-20)21-8-5-4-6-9-21/h4-15,18-19,25H,3,16-17H2,1-2H3,(H,29,30)(H,31,32)/t19-,25+/m1/s1. The van der Waals surface area contributed by atoms with Gasteiger partial charge in [0.2, 0.25) is 0 Å². The van der Waals surface area contributed by atoms with Crippen molar-refractivity contribution < 1.29 is 24.2 Å². The van der Waals surface area contributed by atoms with Crippen molar-refractivity contribution in [2.75, 3.05) is 6.61 Å². The average molecular weight is 460 g/mol. The highest BCUT2D eigenvalue weighted by Crippen LogP contribution is 2.21. The Bertz CT molecular complexity index is 1130. The van der Waals surface area contributed by atoms with E-state index in [1.54, 1.807) is 19.9 Å². The molecule has 0 bridgehead atoms. The first kappa shape index (κ1) is 24.7. The number of hydrogen-bond donors (Lipinski definition) is 2. The third-order valence-electron chi connectivity index (χ3n) is 5.58. The molecule has 6 heteroatoms. The molecule has 0 aliphatic carbocycles. The second-order valence-corrected chi connectivity index (χ2v) is 8.21. The molecular weight excluding hydrogens is 430 g/mol. The lowest BCUT2D eigenvalue weighted by Gasteiger charge is -2.22. The summed E-state index contributed by atoms with van der Waals surface area (Å²) in [5, 5.41) is 12.2. The second-order valence-electron chi connectivity index (χ2n) is 8.21. The summed E-state index contributed by atoms with van der Waals surface area (Å²) in [6.07, 6.45) is 0.910. The van der Waals surface area contributed by atoms with Gasteiger partial charge in [-0.25, -0.2) is 4.79 Å². The first-order valence-electron chi connectivity index (χ1n) is 11.3. The average Bonchev–Trinajstić information content (AvgIpc) is 2.85. The number of carbonyl (C=O) groups is 3. The number of carbonyl (C=O) groups excluding carboxylic acids is 2. The van der Waals surface area contributed by atoms with Crippen LogP contribution in [0.3, 0.4) is 0 Å². The minimum atomic E-state index is -1.10. The molecule has 1 amide bonds. The van der Waals surface area contributed by atoms with Crippen LogP contribution in [-0.4, -0.2) is 35.6 Å². The molecule has 34 heavy (non-hydrogen) atoms. The van der Waals surface area contributed by atoms with Crippen LogP contribution in [0.2, 0.25) is 0 Å². The van der Waals surface area contributed by atoms with Crippen LogP contribution in [0, 0.1) is 5.92 Å². The van der Waals surface area contributed by atoms with E-state index in [1.807, 2.05) is 54.6 Å². The van der Waals surface area contributed by atoms with Gasteiger partial charge >= 0.3 is 11.9 Å². The highest BCUT2D eigenvalue weighted by Gasteiger charge is 2.23. The molecule has 3 aromatic carbocycles. The van der Waals surface area contributed by atoms with Gasteiger partial charge in [-0.3, -0.25) is 9.59 Å². The van der Waals surface area contributed by atoms with Gasteiger partial charge in [-0.15, -0.1) is 0 Å². The maximum atomic E-state index is 12.9. The van der Waals surface area contributed by atoms with Gasteiger partial charge in [-0.2, -0.15) is 0 Å². The largest absolute Gasteiger partial charge is 0.478 e. The van der Waals surface area contributed by atoms with Crippen LogP contribution in [0.15, 0.2) is 78.9 Å². The molecule has 0 saturated heterocycles. The van der Waals surface area contributed by atoms with Gasteiger partial charge in [0.1, 0.15) is 0 Å². The Hall–Kier alpha value is -3.93. The van der Waals surface area contributed by atoms with Crippen molar-refractivity contribution in [1.82, 2.24) is 5.32 Å². The van der Waals surface area contributed by atoms with Crippen molar-refractivity contribution >= 4 is 17.8 Å². The molecule has 0 unspecified atom stereocenters. The second kappa shape index (κ2) is 11.8. The summed E-state index contributed by atoms with van der Waals surface area (Å²) < 4.78 is 5.13. The molecule has 0 spiro atoms. The van der Waals surface area contributed by atoms with E-state index in [9.17, 15) is 19.5 Å². The summed E-state index contributed by atoms with van der Waals surface area (Å²) in [7, 11) is 0. The maximum Gasteiger partial charge on any atom is 0.335 e. The first-order chi connectivity index (χ1) is 16.4. The molecular formula is C28H29NO5. The topological polar surface area (TPSA) is 92.7 Å². The molecule has 2 atom stereocenters. The molecule has 0 aliphatic rings. The Morgan fingerprint density at radius 1 is 0.882 bits per heavy atom. The number of rotatable bonds is 10. The Morgan fingerprint density at radius 3 is 2.18 bits per heavy atom. The summed E-state index contributed by atoms with van der Waals surface area (Å²) in [6.45, 7) is 3.83. The van der Waals surface area contributed by atoms with E-state index in [1.165, 1.54) is 18.2 Å². The molecule has 0 saturated carbocycles. The predicted molar refractivity (Wildman–Crippen MR) is 131 cm³/mol. The van der Waals surface area contributed by atoms with E-state index in [4.69, 9.17) is 4.74 Å². The SMILES string of the molecule is CCOC(=O)[C@H](C)C[C@@H](Cc1ccc(-c2ccccc2)cc1)NC(=O)c1cccc(C(=O)O)c1. The molecule has 0 aromatic heterocycles. The lowest BCUT2D eigenvalue weighted by Crippen LogP contribution is -2.39. The highest BCUT2D eigenvalue weighted by atomic mass is 16.5. The fourth-order valence-electron chi connectivity index (χ4n) is 3.81. The zero-order valence-electron chi connectivity index (χ0n) is 19.4. The molecule has 0 heterocycles. The van der Waals surface area contributed by atoms with Crippen molar-refractivity contribution in [2.45, 2.75) is 32.7 Å². The first-order valence-corrected chi connectivity index (χ1v) is 11.3. The number of esters is 1. The summed E-state index contributed by atoms with van der Waals surface area (Å²) in [4.78, 5) is 36.4. The van der Waals surface area contributed by atoms with Gasteiger partial charge in [-0.1, -0.05) is 67.6 Å². The number of nitrogens with one attached hydrogen (secondary N) is 1. The molecule has 176 valence electrons. The van der Waals surface area contributed by atoms with Crippen LogP contribution in [0.1, 0.15) is 46.5 Å². The number of benzene rings is 3. The summed E-state index contributed by atoms with van der Waals surface area (Å²) >= 11 is 0. The zero-order chi connectivity index (χ0) is 24.5. The minimum absolute atomic E-state index is 0.0422. The van der Waals surface area contributed by atoms with Gasteiger partial charge in [0.15, 0.2) is 0 Å². The number of ether oxygens (including phenoxy) is 1. The Balaban J connectivity index is 1.77. The molecule has 0 fully saturated rings. The van der Waals surface area contributed by atoms with E-state index in [0.717, 1.165) is 16.7 Å².